The highest BCUT2D eigenvalue weighted by Crippen LogP contribution is 2.10. The Labute approximate surface area is 120 Å². The Kier molecular flexibility index (Phi) is 3.76. The summed E-state index contributed by atoms with van der Waals surface area (Å²) in [4.78, 5) is 4.04. The van der Waals surface area contributed by atoms with Crippen molar-refractivity contribution in [1.82, 2.24) is 25.4 Å². The molecule has 8 heteroatoms. The van der Waals surface area contributed by atoms with Gasteiger partial charge in [-0.2, -0.15) is 0 Å². The fraction of sp³-hybridized carbons (Fsp3) is 0.462. The third-order valence-electron chi connectivity index (χ3n) is 2.88. The second-order valence-electron chi connectivity index (χ2n) is 4.65. The molecule has 0 spiro atoms. The lowest BCUT2D eigenvalue weighted by Crippen LogP contribution is -1.91. The van der Waals surface area contributed by atoms with Crippen LogP contribution in [0.25, 0.3) is 0 Å². The maximum Gasteiger partial charge on any atom is 0.217 e. The van der Waals surface area contributed by atoms with E-state index >= 15 is 0 Å². The number of aryl methyl sites for hydroxylation is 6. The minimum absolute atomic E-state index is 0.554. The lowest BCUT2D eigenvalue weighted by molar-refractivity contribution is 0.418. The van der Waals surface area contributed by atoms with Gasteiger partial charge in [0.1, 0.15) is 5.76 Å². The average Bonchev–Trinajstić information content (AvgIpc) is 3.16. The molecule has 0 unspecified atom stereocenters. The van der Waals surface area contributed by atoms with Crippen molar-refractivity contribution in [2.24, 2.45) is 0 Å². The normalized spacial score (nSPS) is 11.1. The van der Waals surface area contributed by atoms with Crippen LogP contribution in [-0.2, 0) is 25.7 Å². The van der Waals surface area contributed by atoms with E-state index in [2.05, 4.69) is 25.4 Å². The number of oxazole rings is 1. The van der Waals surface area contributed by atoms with E-state index in [1.165, 1.54) is 0 Å². The fourth-order valence-electron chi connectivity index (χ4n) is 1.89. The molecule has 0 aromatic carbocycles. The van der Waals surface area contributed by atoms with E-state index in [-0.39, 0.29) is 0 Å². The van der Waals surface area contributed by atoms with Gasteiger partial charge in [-0.1, -0.05) is 0 Å². The van der Waals surface area contributed by atoms with Crippen LogP contribution in [0.5, 0.6) is 0 Å². The molecule has 0 aliphatic carbocycles. The summed E-state index contributed by atoms with van der Waals surface area (Å²) in [5.41, 5.74) is 0. The van der Waals surface area contributed by atoms with Crippen LogP contribution < -0.4 is 0 Å². The molecular weight excluding hydrogens is 274 g/mol. The van der Waals surface area contributed by atoms with Crippen LogP contribution in [0, 0.1) is 13.8 Å². The number of nitrogens with zero attached hydrogens (tertiary/aromatic N) is 5. The van der Waals surface area contributed by atoms with Crippen LogP contribution in [0.1, 0.15) is 35.2 Å². The van der Waals surface area contributed by atoms with Crippen molar-refractivity contribution in [3.63, 3.8) is 0 Å². The summed E-state index contributed by atoms with van der Waals surface area (Å²) in [5.74, 6) is 3.75. The molecular formula is C13H15N5O3. The van der Waals surface area contributed by atoms with E-state index < -0.39 is 0 Å². The molecule has 0 radical (unpaired) electrons. The first-order chi connectivity index (χ1) is 10.2. The standard InChI is InChI=1S/C13H15N5O3/c1-8-14-7-10(19-8)3-4-12-17-18-13(21-12)6-5-11-16-15-9(2)20-11/h7H,3-6H2,1-2H3. The molecule has 0 aliphatic rings. The summed E-state index contributed by atoms with van der Waals surface area (Å²) >= 11 is 0. The Balaban J connectivity index is 1.51. The first kappa shape index (κ1) is 13.5. The summed E-state index contributed by atoms with van der Waals surface area (Å²) in [6, 6.07) is 0. The van der Waals surface area contributed by atoms with Gasteiger partial charge in [0, 0.05) is 39.5 Å². The predicted octanol–water partition coefficient (Wildman–Crippen LogP) is 1.63. The van der Waals surface area contributed by atoms with Crippen LogP contribution in [0.15, 0.2) is 19.4 Å². The predicted molar refractivity (Wildman–Crippen MR) is 69.4 cm³/mol. The minimum atomic E-state index is 0.554. The Morgan fingerprint density at radius 1 is 0.714 bits per heavy atom. The molecule has 0 saturated carbocycles. The first-order valence-corrected chi connectivity index (χ1v) is 6.70. The molecule has 3 heterocycles. The van der Waals surface area contributed by atoms with Gasteiger partial charge in [0.25, 0.3) is 0 Å². The van der Waals surface area contributed by atoms with E-state index in [1.54, 1.807) is 13.1 Å². The smallest absolute Gasteiger partial charge is 0.217 e. The number of aromatic nitrogens is 5. The van der Waals surface area contributed by atoms with Crippen molar-refractivity contribution in [1.29, 1.82) is 0 Å². The Hall–Kier alpha value is -2.51. The van der Waals surface area contributed by atoms with Crippen molar-refractivity contribution in [2.75, 3.05) is 0 Å². The molecule has 0 amide bonds. The van der Waals surface area contributed by atoms with Gasteiger partial charge < -0.3 is 13.3 Å². The van der Waals surface area contributed by atoms with Gasteiger partial charge in [-0.05, 0) is 0 Å². The fourth-order valence-corrected chi connectivity index (χ4v) is 1.89. The lowest BCUT2D eigenvalue weighted by Gasteiger charge is -1.92. The molecule has 3 aromatic rings. The van der Waals surface area contributed by atoms with Crippen LogP contribution in [0.3, 0.4) is 0 Å². The molecule has 3 rings (SSSR count). The Morgan fingerprint density at radius 2 is 1.33 bits per heavy atom. The van der Waals surface area contributed by atoms with Gasteiger partial charge in [0.05, 0.1) is 6.20 Å². The van der Waals surface area contributed by atoms with Gasteiger partial charge in [0.2, 0.25) is 23.6 Å². The van der Waals surface area contributed by atoms with E-state index in [4.69, 9.17) is 13.3 Å². The highest BCUT2D eigenvalue weighted by atomic mass is 16.4. The molecule has 110 valence electrons. The van der Waals surface area contributed by atoms with Crippen molar-refractivity contribution in [3.05, 3.63) is 41.4 Å². The van der Waals surface area contributed by atoms with Crippen LogP contribution in [0.2, 0.25) is 0 Å². The van der Waals surface area contributed by atoms with Crippen molar-refractivity contribution < 1.29 is 13.3 Å². The number of hydrogen-bond acceptors (Lipinski definition) is 8. The molecule has 0 N–H and O–H groups in total. The number of hydrogen-bond donors (Lipinski definition) is 0. The van der Waals surface area contributed by atoms with Gasteiger partial charge in [0.15, 0.2) is 5.89 Å². The van der Waals surface area contributed by atoms with Gasteiger partial charge in [-0.25, -0.2) is 4.98 Å². The Bertz CT molecular complexity index is 656. The summed E-state index contributed by atoms with van der Waals surface area (Å²) in [6.45, 7) is 3.57. The Morgan fingerprint density at radius 3 is 1.90 bits per heavy atom. The molecule has 0 atom stereocenters. The lowest BCUT2D eigenvalue weighted by atomic mass is 10.3. The van der Waals surface area contributed by atoms with Gasteiger partial charge >= 0.3 is 0 Å². The second kappa shape index (κ2) is 5.86. The maximum absolute atomic E-state index is 5.57. The zero-order chi connectivity index (χ0) is 14.7. The van der Waals surface area contributed by atoms with Crippen LogP contribution >= 0.6 is 0 Å². The molecule has 3 aromatic heterocycles. The third kappa shape index (κ3) is 3.53. The zero-order valence-corrected chi connectivity index (χ0v) is 11.9. The van der Waals surface area contributed by atoms with Crippen LogP contribution in [-0.4, -0.2) is 25.4 Å². The molecule has 21 heavy (non-hydrogen) atoms. The second-order valence-corrected chi connectivity index (χ2v) is 4.65. The SMILES string of the molecule is Cc1ncc(CCc2nnc(CCc3nnc(C)o3)o2)o1. The molecule has 0 fully saturated rings. The topological polar surface area (TPSA) is 104 Å². The largest absolute Gasteiger partial charge is 0.446 e. The van der Waals surface area contributed by atoms with E-state index in [1.807, 2.05) is 6.92 Å². The minimum Gasteiger partial charge on any atom is -0.446 e. The monoisotopic (exact) mass is 289 g/mol. The van der Waals surface area contributed by atoms with Crippen LogP contribution in [0.4, 0.5) is 0 Å². The van der Waals surface area contributed by atoms with E-state index in [0.29, 0.717) is 55.1 Å². The van der Waals surface area contributed by atoms with Gasteiger partial charge in [-0.15, -0.1) is 20.4 Å². The summed E-state index contributed by atoms with van der Waals surface area (Å²) in [7, 11) is 0. The quantitative estimate of drug-likeness (QED) is 0.674. The molecule has 8 nitrogen and oxygen atoms in total. The summed E-state index contributed by atoms with van der Waals surface area (Å²) < 4.78 is 16.2. The van der Waals surface area contributed by atoms with Crippen molar-refractivity contribution in [2.45, 2.75) is 39.5 Å². The maximum atomic E-state index is 5.57. The average molecular weight is 289 g/mol. The molecule has 0 bridgehead atoms. The number of rotatable bonds is 6. The highest BCUT2D eigenvalue weighted by Gasteiger charge is 2.10. The van der Waals surface area contributed by atoms with Gasteiger partial charge in [-0.3, -0.25) is 0 Å². The zero-order valence-electron chi connectivity index (χ0n) is 11.9. The van der Waals surface area contributed by atoms with Crippen molar-refractivity contribution >= 4 is 0 Å². The first-order valence-electron chi connectivity index (χ1n) is 6.70. The van der Waals surface area contributed by atoms with E-state index in [0.717, 1.165) is 5.76 Å². The molecule has 0 saturated heterocycles. The van der Waals surface area contributed by atoms with Crippen molar-refractivity contribution in [3.8, 4) is 0 Å². The molecule has 0 aliphatic heterocycles. The van der Waals surface area contributed by atoms with E-state index in [9.17, 15) is 0 Å². The summed E-state index contributed by atoms with van der Waals surface area (Å²) in [6.07, 6.45) is 4.19. The highest BCUT2D eigenvalue weighted by molar-refractivity contribution is 4.96. The summed E-state index contributed by atoms with van der Waals surface area (Å²) in [5, 5.41) is 15.7. The third-order valence-corrected chi connectivity index (χ3v) is 2.88.